The number of hydrogen-bond donors (Lipinski definition) is 0. The van der Waals surface area contributed by atoms with Crippen molar-refractivity contribution in [2.45, 2.75) is 32.4 Å². The first-order valence-corrected chi connectivity index (χ1v) is 7.13. The zero-order valence-corrected chi connectivity index (χ0v) is 10.2. The van der Waals surface area contributed by atoms with Gasteiger partial charge < -0.3 is 0 Å². The molecule has 0 N–H and O–H groups in total. The zero-order valence-electron chi connectivity index (χ0n) is 9.33. The standard InChI is InChI=1S/C11H16N2O2S/c1-2-16(14,15)13(11-3-4-11)9-10-5-7-12-8-6-10/h5-8,11H,2-4,9H2,1H3. The first kappa shape index (κ1) is 11.5. The highest BCUT2D eigenvalue weighted by atomic mass is 32.2. The molecule has 1 aliphatic rings. The van der Waals surface area contributed by atoms with Crippen LogP contribution in [0.5, 0.6) is 0 Å². The molecule has 1 saturated carbocycles. The number of pyridine rings is 1. The third kappa shape index (κ3) is 2.59. The van der Waals surface area contributed by atoms with Gasteiger partial charge in [-0.2, -0.15) is 4.31 Å². The summed E-state index contributed by atoms with van der Waals surface area (Å²) in [7, 11) is -3.08. The fraction of sp³-hybridized carbons (Fsp3) is 0.545. The summed E-state index contributed by atoms with van der Waals surface area (Å²) in [6.45, 7) is 2.17. The van der Waals surface area contributed by atoms with Crippen LogP contribution in [0.15, 0.2) is 24.5 Å². The molecule has 0 radical (unpaired) electrons. The highest BCUT2D eigenvalue weighted by Gasteiger charge is 2.36. The molecule has 5 heteroatoms. The van der Waals surface area contributed by atoms with Crippen LogP contribution in [0.4, 0.5) is 0 Å². The van der Waals surface area contributed by atoms with Gasteiger partial charge in [0.1, 0.15) is 0 Å². The van der Waals surface area contributed by atoms with Crippen LogP contribution in [-0.4, -0.2) is 29.5 Å². The van der Waals surface area contributed by atoms with Gasteiger partial charge in [-0.3, -0.25) is 4.98 Å². The average Bonchev–Trinajstić information content (AvgIpc) is 3.11. The summed E-state index contributed by atoms with van der Waals surface area (Å²) in [6, 6.07) is 3.94. The van der Waals surface area contributed by atoms with Crippen LogP contribution < -0.4 is 0 Å². The van der Waals surface area contributed by atoms with Crippen molar-refractivity contribution in [1.82, 2.24) is 9.29 Å². The van der Waals surface area contributed by atoms with E-state index in [9.17, 15) is 8.42 Å². The van der Waals surface area contributed by atoms with E-state index in [1.165, 1.54) is 0 Å². The molecule has 1 aliphatic carbocycles. The summed E-state index contributed by atoms with van der Waals surface area (Å²) in [5, 5.41) is 0. The van der Waals surface area contributed by atoms with Crippen LogP contribution in [0.3, 0.4) is 0 Å². The van der Waals surface area contributed by atoms with Gasteiger partial charge in [0.15, 0.2) is 0 Å². The molecule has 0 aliphatic heterocycles. The summed E-state index contributed by atoms with van der Waals surface area (Å²) in [5.41, 5.74) is 0.999. The molecule has 1 fully saturated rings. The van der Waals surface area contributed by atoms with E-state index in [2.05, 4.69) is 4.98 Å². The third-order valence-electron chi connectivity index (χ3n) is 2.76. The van der Waals surface area contributed by atoms with Crippen LogP contribution >= 0.6 is 0 Å². The van der Waals surface area contributed by atoms with E-state index in [-0.39, 0.29) is 11.8 Å². The summed E-state index contributed by atoms with van der Waals surface area (Å²) in [5.74, 6) is 0.175. The molecule has 0 spiro atoms. The van der Waals surface area contributed by atoms with Gasteiger partial charge in [-0.05, 0) is 37.5 Å². The minimum atomic E-state index is -3.08. The molecule has 1 heterocycles. The number of rotatable bonds is 5. The summed E-state index contributed by atoms with van der Waals surface area (Å²) in [6.07, 6.45) is 5.37. The maximum atomic E-state index is 11.9. The molecule has 16 heavy (non-hydrogen) atoms. The number of aromatic nitrogens is 1. The number of sulfonamides is 1. The van der Waals surface area contributed by atoms with Gasteiger partial charge in [0.05, 0.1) is 5.75 Å². The van der Waals surface area contributed by atoms with Gasteiger partial charge >= 0.3 is 0 Å². The smallest absolute Gasteiger partial charge is 0.214 e. The lowest BCUT2D eigenvalue weighted by Gasteiger charge is -2.20. The van der Waals surface area contributed by atoms with Gasteiger partial charge in [0.25, 0.3) is 0 Å². The first-order valence-electron chi connectivity index (χ1n) is 5.52. The summed E-state index contributed by atoms with van der Waals surface area (Å²) < 4.78 is 25.4. The lowest BCUT2D eigenvalue weighted by molar-refractivity contribution is 0.399. The van der Waals surface area contributed by atoms with Gasteiger partial charge in [-0.25, -0.2) is 8.42 Å². The van der Waals surface area contributed by atoms with Crippen LogP contribution in [0.25, 0.3) is 0 Å². The van der Waals surface area contributed by atoms with E-state index in [0.29, 0.717) is 6.54 Å². The predicted octanol–water partition coefficient (Wildman–Crippen LogP) is 1.40. The average molecular weight is 240 g/mol. The van der Waals surface area contributed by atoms with Crippen LogP contribution in [0.1, 0.15) is 25.3 Å². The SMILES string of the molecule is CCS(=O)(=O)N(Cc1ccncc1)C1CC1. The Morgan fingerprint density at radius 3 is 2.50 bits per heavy atom. The van der Waals surface area contributed by atoms with Gasteiger partial charge in [-0.1, -0.05) is 0 Å². The maximum Gasteiger partial charge on any atom is 0.214 e. The Bertz CT molecular complexity index is 440. The Morgan fingerprint density at radius 1 is 1.38 bits per heavy atom. The Kier molecular flexibility index (Phi) is 3.25. The van der Waals surface area contributed by atoms with Crippen molar-refractivity contribution in [3.8, 4) is 0 Å². The molecule has 1 aromatic heterocycles. The van der Waals surface area contributed by atoms with E-state index in [0.717, 1.165) is 18.4 Å². The molecule has 88 valence electrons. The van der Waals surface area contributed by atoms with Crippen molar-refractivity contribution in [3.63, 3.8) is 0 Å². The topological polar surface area (TPSA) is 50.3 Å². The van der Waals surface area contributed by atoms with E-state index in [4.69, 9.17) is 0 Å². The van der Waals surface area contributed by atoms with Crippen molar-refractivity contribution >= 4 is 10.0 Å². The quantitative estimate of drug-likeness (QED) is 0.781. The van der Waals surface area contributed by atoms with Crippen molar-refractivity contribution in [3.05, 3.63) is 30.1 Å². The molecule has 2 rings (SSSR count). The maximum absolute atomic E-state index is 11.9. The Morgan fingerprint density at radius 2 is 2.00 bits per heavy atom. The molecular formula is C11H16N2O2S. The van der Waals surface area contributed by atoms with Crippen molar-refractivity contribution in [1.29, 1.82) is 0 Å². The second kappa shape index (κ2) is 4.51. The lowest BCUT2D eigenvalue weighted by atomic mass is 10.3. The van der Waals surface area contributed by atoms with E-state index in [1.807, 2.05) is 12.1 Å². The van der Waals surface area contributed by atoms with Crippen molar-refractivity contribution in [2.24, 2.45) is 0 Å². The number of hydrogen-bond acceptors (Lipinski definition) is 3. The van der Waals surface area contributed by atoms with E-state index >= 15 is 0 Å². The normalized spacial score (nSPS) is 16.6. The van der Waals surface area contributed by atoms with Crippen molar-refractivity contribution < 1.29 is 8.42 Å². The first-order chi connectivity index (χ1) is 7.63. The largest absolute Gasteiger partial charge is 0.265 e. The van der Waals surface area contributed by atoms with Crippen LogP contribution in [0.2, 0.25) is 0 Å². The molecule has 0 saturated heterocycles. The van der Waals surface area contributed by atoms with E-state index < -0.39 is 10.0 Å². The third-order valence-corrected chi connectivity index (χ3v) is 4.64. The fourth-order valence-corrected chi connectivity index (χ4v) is 2.99. The van der Waals surface area contributed by atoms with Gasteiger partial charge in [0, 0.05) is 25.0 Å². The minimum Gasteiger partial charge on any atom is -0.265 e. The summed E-state index contributed by atoms with van der Waals surface area (Å²) >= 11 is 0. The monoisotopic (exact) mass is 240 g/mol. The van der Waals surface area contributed by atoms with Crippen LogP contribution in [-0.2, 0) is 16.6 Å². The molecule has 0 atom stereocenters. The Labute approximate surface area is 96.4 Å². The summed E-state index contributed by atoms with van der Waals surface area (Å²) in [4.78, 5) is 3.93. The number of nitrogens with zero attached hydrogens (tertiary/aromatic N) is 2. The Hall–Kier alpha value is -0.940. The second-order valence-electron chi connectivity index (χ2n) is 4.03. The fourth-order valence-electron chi connectivity index (χ4n) is 1.65. The highest BCUT2D eigenvalue weighted by molar-refractivity contribution is 7.89. The van der Waals surface area contributed by atoms with Gasteiger partial charge in [-0.15, -0.1) is 0 Å². The highest BCUT2D eigenvalue weighted by Crippen LogP contribution is 2.30. The molecule has 1 aromatic rings. The minimum absolute atomic E-state index is 0.175. The zero-order chi connectivity index (χ0) is 11.6. The lowest BCUT2D eigenvalue weighted by Crippen LogP contribution is -2.33. The van der Waals surface area contributed by atoms with Crippen LogP contribution in [0, 0.1) is 0 Å². The molecular weight excluding hydrogens is 224 g/mol. The molecule has 0 unspecified atom stereocenters. The molecule has 0 bridgehead atoms. The van der Waals surface area contributed by atoms with Gasteiger partial charge in [0.2, 0.25) is 10.0 Å². The molecule has 0 aromatic carbocycles. The predicted molar refractivity (Wildman–Crippen MR) is 62.3 cm³/mol. The van der Waals surface area contributed by atoms with Crippen molar-refractivity contribution in [2.75, 3.05) is 5.75 Å². The van der Waals surface area contributed by atoms with E-state index in [1.54, 1.807) is 23.6 Å². The molecule has 4 nitrogen and oxygen atoms in total. The Balaban J connectivity index is 2.16. The second-order valence-corrected chi connectivity index (χ2v) is 6.24. The molecule has 0 amide bonds.